The van der Waals surface area contributed by atoms with E-state index in [0.717, 1.165) is 19.3 Å². The minimum Gasteiger partial charge on any atom is -0.325 e. The molecule has 0 spiro atoms. The van der Waals surface area contributed by atoms with Gasteiger partial charge in [-0.1, -0.05) is 40.0 Å². The van der Waals surface area contributed by atoms with E-state index < -0.39 is 10.0 Å². The molecule has 0 aliphatic heterocycles. The Balaban J connectivity index is 2.72. The lowest BCUT2D eigenvalue weighted by atomic mass is 9.87. The van der Waals surface area contributed by atoms with E-state index in [1.54, 1.807) is 18.3 Å². The van der Waals surface area contributed by atoms with E-state index in [0.29, 0.717) is 12.2 Å². The van der Waals surface area contributed by atoms with E-state index in [-0.39, 0.29) is 16.9 Å². The van der Waals surface area contributed by atoms with E-state index in [4.69, 9.17) is 5.73 Å². The third-order valence-electron chi connectivity index (χ3n) is 3.53. The van der Waals surface area contributed by atoms with Gasteiger partial charge in [0.25, 0.3) is 0 Å². The van der Waals surface area contributed by atoms with Crippen molar-refractivity contribution in [1.29, 1.82) is 0 Å². The predicted octanol–water partition coefficient (Wildman–Crippen LogP) is 2.43. The van der Waals surface area contributed by atoms with Crippen LogP contribution in [-0.4, -0.2) is 19.9 Å². The number of nitrogens with one attached hydrogen (secondary N) is 1. The number of hydrogen-bond donors (Lipinski definition) is 2. The Hall–Kier alpha value is -0.980. The van der Waals surface area contributed by atoms with Crippen LogP contribution in [0.15, 0.2) is 23.2 Å². The summed E-state index contributed by atoms with van der Waals surface area (Å²) in [6.07, 6.45) is 6.01. The quantitative estimate of drug-likeness (QED) is 0.686. The number of hydrogen-bond acceptors (Lipinski definition) is 4. The summed E-state index contributed by atoms with van der Waals surface area (Å²) in [5.74, 6) is 0. The van der Waals surface area contributed by atoms with Gasteiger partial charge in [0.2, 0.25) is 10.0 Å². The van der Waals surface area contributed by atoms with Gasteiger partial charge in [-0.25, -0.2) is 13.1 Å². The Morgan fingerprint density at radius 2 is 2.05 bits per heavy atom. The summed E-state index contributed by atoms with van der Waals surface area (Å²) in [5, 5.41) is 0. The summed E-state index contributed by atoms with van der Waals surface area (Å²) in [7, 11) is -3.56. The maximum atomic E-state index is 12.4. The summed E-state index contributed by atoms with van der Waals surface area (Å²) in [4.78, 5) is 4.20. The fraction of sp³-hybridized carbons (Fsp3) is 0.667. The highest BCUT2D eigenvalue weighted by Crippen LogP contribution is 2.23. The van der Waals surface area contributed by atoms with Crippen LogP contribution >= 0.6 is 0 Å². The smallest absolute Gasteiger partial charge is 0.242 e. The number of sulfonamides is 1. The van der Waals surface area contributed by atoms with Crippen molar-refractivity contribution in [2.45, 2.75) is 57.9 Å². The van der Waals surface area contributed by atoms with Gasteiger partial charge in [0.15, 0.2) is 0 Å². The zero-order valence-corrected chi connectivity index (χ0v) is 14.0. The maximum Gasteiger partial charge on any atom is 0.242 e. The molecule has 5 nitrogen and oxygen atoms in total. The summed E-state index contributed by atoms with van der Waals surface area (Å²) >= 11 is 0. The molecule has 21 heavy (non-hydrogen) atoms. The Bertz CT molecular complexity index is 542. The van der Waals surface area contributed by atoms with Crippen molar-refractivity contribution in [1.82, 2.24) is 9.71 Å². The first-order valence-corrected chi connectivity index (χ1v) is 8.94. The van der Waals surface area contributed by atoms with Gasteiger partial charge in [-0.05, 0) is 24.0 Å². The van der Waals surface area contributed by atoms with Crippen LogP contribution in [0.25, 0.3) is 0 Å². The highest BCUT2D eigenvalue weighted by Gasteiger charge is 2.23. The molecule has 0 saturated carbocycles. The summed E-state index contributed by atoms with van der Waals surface area (Å²) in [6.45, 7) is 6.85. The molecule has 1 rings (SSSR count). The summed E-state index contributed by atoms with van der Waals surface area (Å²) in [5.41, 5.74) is 5.89. The fourth-order valence-electron chi connectivity index (χ4n) is 2.13. The van der Waals surface area contributed by atoms with Gasteiger partial charge in [-0.3, -0.25) is 4.98 Å². The maximum absolute atomic E-state index is 12.4. The van der Waals surface area contributed by atoms with Crippen LogP contribution < -0.4 is 10.5 Å². The molecule has 0 saturated heterocycles. The molecule has 0 aromatic carbocycles. The molecular formula is C15H27N3O2S. The van der Waals surface area contributed by atoms with Crippen LogP contribution in [0.4, 0.5) is 0 Å². The topological polar surface area (TPSA) is 85.1 Å². The second kappa shape index (κ2) is 7.87. The van der Waals surface area contributed by atoms with Gasteiger partial charge >= 0.3 is 0 Å². The van der Waals surface area contributed by atoms with Crippen LogP contribution in [0.1, 0.15) is 52.1 Å². The molecule has 1 aromatic rings. The van der Waals surface area contributed by atoms with Crippen LogP contribution in [0.5, 0.6) is 0 Å². The monoisotopic (exact) mass is 313 g/mol. The normalized spacial score (nSPS) is 12.6. The van der Waals surface area contributed by atoms with Gasteiger partial charge < -0.3 is 5.73 Å². The number of pyridine rings is 1. The molecular weight excluding hydrogens is 286 g/mol. The zero-order valence-electron chi connectivity index (χ0n) is 13.2. The van der Waals surface area contributed by atoms with E-state index in [1.807, 2.05) is 0 Å². The van der Waals surface area contributed by atoms with Crippen LogP contribution in [0.2, 0.25) is 0 Å². The molecule has 3 N–H and O–H groups in total. The molecule has 0 aliphatic rings. The number of nitrogens with zero attached hydrogens (tertiary/aromatic N) is 1. The van der Waals surface area contributed by atoms with Crippen molar-refractivity contribution in [3.05, 3.63) is 24.0 Å². The molecule has 0 bridgehead atoms. The van der Waals surface area contributed by atoms with E-state index in [2.05, 4.69) is 30.5 Å². The third-order valence-corrected chi connectivity index (χ3v) is 5.00. The number of nitrogens with two attached hydrogens (primary N) is 1. The Labute approximate surface area is 128 Å². The molecule has 0 fully saturated rings. The summed E-state index contributed by atoms with van der Waals surface area (Å²) < 4.78 is 27.5. The van der Waals surface area contributed by atoms with Crippen LogP contribution in [0, 0.1) is 5.41 Å². The molecule has 0 amide bonds. The zero-order chi connectivity index (χ0) is 15.9. The lowest BCUT2D eigenvalue weighted by Crippen LogP contribution is -2.34. The lowest BCUT2D eigenvalue weighted by Gasteiger charge is -2.25. The molecule has 1 heterocycles. The van der Waals surface area contributed by atoms with Gasteiger partial charge in [0.1, 0.15) is 4.90 Å². The second-order valence-electron chi connectivity index (χ2n) is 6.10. The van der Waals surface area contributed by atoms with Crippen molar-refractivity contribution in [2.75, 3.05) is 6.54 Å². The summed E-state index contributed by atoms with van der Waals surface area (Å²) in [6, 6.07) is 3.15. The largest absolute Gasteiger partial charge is 0.325 e. The molecule has 6 heteroatoms. The minimum atomic E-state index is -3.56. The van der Waals surface area contributed by atoms with E-state index >= 15 is 0 Å². The van der Waals surface area contributed by atoms with E-state index in [1.165, 1.54) is 6.42 Å². The third kappa shape index (κ3) is 5.73. The van der Waals surface area contributed by atoms with Gasteiger partial charge in [0, 0.05) is 19.3 Å². The molecule has 1 aromatic heterocycles. The van der Waals surface area contributed by atoms with Crippen molar-refractivity contribution in [3.8, 4) is 0 Å². The minimum absolute atomic E-state index is 0.0622. The lowest BCUT2D eigenvalue weighted by molar-refractivity contribution is 0.320. The Kier molecular flexibility index (Phi) is 6.77. The SMILES string of the molecule is CCCCCC(C)(C)CNS(=O)(=O)c1cccnc1CN. The van der Waals surface area contributed by atoms with E-state index in [9.17, 15) is 8.42 Å². The first kappa shape index (κ1) is 18.1. The van der Waals surface area contributed by atoms with Crippen molar-refractivity contribution < 1.29 is 8.42 Å². The molecule has 0 atom stereocenters. The highest BCUT2D eigenvalue weighted by molar-refractivity contribution is 7.89. The average molecular weight is 313 g/mol. The molecule has 0 unspecified atom stereocenters. The molecule has 0 aliphatic carbocycles. The Morgan fingerprint density at radius 1 is 1.33 bits per heavy atom. The fourth-order valence-corrected chi connectivity index (χ4v) is 3.57. The number of rotatable bonds is 9. The van der Waals surface area contributed by atoms with Crippen molar-refractivity contribution in [3.63, 3.8) is 0 Å². The van der Waals surface area contributed by atoms with Crippen molar-refractivity contribution in [2.24, 2.45) is 11.1 Å². The van der Waals surface area contributed by atoms with Crippen LogP contribution in [0.3, 0.4) is 0 Å². The Morgan fingerprint density at radius 3 is 2.67 bits per heavy atom. The highest BCUT2D eigenvalue weighted by atomic mass is 32.2. The second-order valence-corrected chi connectivity index (χ2v) is 7.83. The van der Waals surface area contributed by atoms with Gasteiger partial charge in [0.05, 0.1) is 5.69 Å². The first-order valence-electron chi connectivity index (χ1n) is 7.46. The molecule has 0 radical (unpaired) electrons. The van der Waals surface area contributed by atoms with Crippen molar-refractivity contribution >= 4 is 10.0 Å². The molecule has 120 valence electrons. The standard InChI is InChI=1S/C15H27N3O2S/c1-4-5-6-9-15(2,3)12-18-21(19,20)14-8-7-10-17-13(14)11-16/h7-8,10,18H,4-6,9,11-12,16H2,1-3H3. The van der Waals surface area contributed by atoms with Gasteiger partial charge in [-0.2, -0.15) is 0 Å². The average Bonchev–Trinajstić information content (AvgIpc) is 2.45. The number of aromatic nitrogens is 1. The predicted molar refractivity (Wildman–Crippen MR) is 85.2 cm³/mol. The first-order chi connectivity index (χ1) is 9.82. The number of unbranched alkanes of at least 4 members (excludes halogenated alkanes) is 2. The van der Waals surface area contributed by atoms with Gasteiger partial charge in [-0.15, -0.1) is 0 Å². The van der Waals surface area contributed by atoms with Crippen LogP contribution in [-0.2, 0) is 16.6 Å².